The van der Waals surface area contributed by atoms with Crippen molar-refractivity contribution < 1.29 is 14.3 Å². The molecule has 0 spiro atoms. The second-order valence-corrected chi connectivity index (χ2v) is 6.35. The van der Waals surface area contributed by atoms with Gasteiger partial charge >= 0.3 is 6.03 Å². The predicted octanol–water partition coefficient (Wildman–Crippen LogP) is 2.74. The summed E-state index contributed by atoms with van der Waals surface area (Å²) in [5, 5.41) is 5.07. The Balaban J connectivity index is 1.40. The van der Waals surface area contributed by atoms with E-state index in [2.05, 4.69) is 16.8 Å². The Labute approximate surface area is 132 Å². The number of para-hydroxylation sites is 1. The largest absolute Gasteiger partial charge is 0.454 e. The molecule has 1 aromatic carbocycles. The van der Waals surface area contributed by atoms with Crippen LogP contribution in [0.4, 0.5) is 4.79 Å². The highest BCUT2D eigenvalue weighted by Crippen LogP contribution is 2.35. The number of ether oxygens (including phenoxy) is 2. The fraction of sp³-hybridized carbons (Fsp3) is 0.312. The highest BCUT2D eigenvalue weighted by Gasteiger charge is 2.22. The van der Waals surface area contributed by atoms with Crippen molar-refractivity contribution in [2.45, 2.75) is 19.5 Å². The first-order chi connectivity index (χ1) is 10.8. The third-order valence-corrected chi connectivity index (χ3v) is 5.03. The number of amides is 2. The van der Waals surface area contributed by atoms with E-state index in [1.54, 1.807) is 11.3 Å². The average molecular weight is 316 g/mol. The van der Waals surface area contributed by atoms with Crippen LogP contribution in [-0.4, -0.2) is 24.3 Å². The van der Waals surface area contributed by atoms with Crippen LogP contribution in [0.2, 0.25) is 0 Å². The molecule has 4 rings (SSSR count). The van der Waals surface area contributed by atoms with Gasteiger partial charge in [-0.25, -0.2) is 4.79 Å². The first-order valence-corrected chi connectivity index (χ1v) is 8.15. The van der Waals surface area contributed by atoms with Crippen molar-refractivity contribution in [2.24, 2.45) is 0 Å². The lowest BCUT2D eigenvalue weighted by Crippen LogP contribution is -2.42. The van der Waals surface area contributed by atoms with E-state index < -0.39 is 0 Å². The predicted molar refractivity (Wildman–Crippen MR) is 83.2 cm³/mol. The molecule has 2 aliphatic heterocycles. The van der Waals surface area contributed by atoms with Crippen LogP contribution in [0.5, 0.6) is 11.5 Å². The highest BCUT2D eigenvalue weighted by atomic mass is 32.1. The monoisotopic (exact) mass is 316 g/mol. The fourth-order valence-electron chi connectivity index (χ4n) is 2.83. The van der Waals surface area contributed by atoms with Crippen molar-refractivity contribution in [3.63, 3.8) is 0 Å². The highest BCUT2D eigenvalue weighted by molar-refractivity contribution is 7.10. The maximum absolute atomic E-state index is 12.3. The summed E-state index contributed by atoms with van der Waals surface area (Å²) in [6.07, 6.45) is 0.943. The number of benzene rings is 1. The molecule has 2 aromatic rings. The summed E-state index contributed by atoms with van der Waals surface area (Å²) in [6.45, 7) is 2.15. The molecule has 5 nitrogen and oxygen atoms in total. The molecule has 0 bridgehead atoms. The standard InChI is InChI=1S/C16H16N2O3S/c19-16(18-6-4-14-12(9-18)5-7-22-14)17-8-11-2-1-3-13-15(11)21-10-20-13/h1-3,5,7H,4,6,8-10H2,(H,17,19). The Kier molecular flexibility index (Phi) is 3.38. The molecule has 3 heterocycles. The molecule has 0 radical (unpaired) electrons. The van der Waals surface area contributed by atoms with Crippen molar-refractivity contribution in [3.05, 3.63) is 45.6 Å². The number of carbonyl (C=O) groups is 1. The Morgan fingerprint density at radius 1 is 1.32 bits per heavy atom. The number of nitrogens with one attached hydrogen (secondary N) is 1. The summed E-state index contributed by atoms with van der Waals surface area (Å²) in [4.78, 5) is 15.6. The van der Waals surface area contributed by atoms with Crippen molar-refractivity contribution in [2.75, 3.05) is 13.3 Å². The molecule has 0 saturated carbocycles. The van der Waals surface area contributed by atoms with Crippen molar-refractivity contribution in [1.82, 2.24) is 10.2 Å². The SMILES string of the molecule is O=C(NCc1cccc2c1OCO2)N1CCc2sccc2C1. The topological polar surface area (TPSA) is 50.8 Å². The number of fused-ring (bicyclic) bond motifs is 2. The average Bonchev–Trinajstić information content (AvgIpc) is 3.20. The second-order valence-electron chi connectivity index (χ2n) is 5.35. The quantitative estimate of drug-likeness (QED) is 0.927. The van der Waals surface area contributed by atoms with Gasteiger partial charge in [-0.15, -0.1) is 11.3 Å². The van der Waals surface area contributed by atoms with Crippen LogP contribution in [0, 0.1) is 0 Å². The fourth-order valence-corrected chi connectivity index (χ4v) is 3.72. The lowest BCUT2D eigenvalue weighted by atomic mass is 10.1. The van der Waals surface area contributed by atoms with Gasteiger partial charge in [0.2, 0.25) is 6.79 Å². The van der Waals surface area contributed by atoms with Crippen LogP contribution >= 0.6 is 11.3 Å². The Morgan fingerprint density at radius 3 is 3.23 bits per heavy atom. The van der Waals surface area contributed by atoms with E-state index in [0.717, 1.165) is 30.0 Å². The Morgan fingerprint density at radius 2 is 2.27 bits per heavy atom. The molecule has 0 aliphatic carbocycles. The molecule has 0 unspecified atom stereocenters. The number of urea groups is 1. The van der Waals surface area contributed by atoms with Gasteiger partial charge in [0.05, 0.1) is 0 Å². The lowest BCUT2D eigenvalue weighted by Gasteiger charge is -2.27. The van der Waals surface area contributed by atoms with Gasteiger partial charge in [-0.3, -0.25) is 0 Å². The zero-order chi connectivity index (χ0) is 14.9. The smallest absolute Gasteiger partial charge is 0.317 e. The molecule has 114 valence electrons. The molecule has 1 aromatic heterocycles. The lowest BCUT2D eigenvalue weighted by molar-refractivity contribution is 0.173. The zero-order valence-electron chi connectivity index (χ0n) is 12.0. The molecule has 22 heavy (non-hydrogen) atoms. The molecule has 0 saturated heterocycles. The normalized spacial score (nSPS) is 15.5. The zero-order valence-corrected chi connectivity index (χ0v) is 12.8. The minimum Gasteiger partial charge on any atom is -0.454 e. The summed E-state index contributed by atoms with van der Waals surface area (Å²) in [6, 6.07) is 7.80. The van der Waals surface area contributed by atoms with E-state index in [9.17, 15) is 4.79 Å². The number of hydrogen-bond donors (Lipinski definition) is 1. The Hall–Kier alpha value is -2.21. The van der Waals surface area contributed by atoms with Gasteiger partial charge < -0.3 is 19.7 Å². The molecular weight excluding hydrogens is 300 g/mol. The Bertz CT molecular complexity index is 713. The summed E-state index contributed by atoms with van der Waals surface area (Å²) >= 11 is 1.77. The van der Waals surface area contributed by atoms with E-state index in [1.807, 2.05) is 23.1 Å². The van der Waals surface area contributed by atoms with Gasteiger partial charge in [0.25, 0.3) is 0 Å². The van der Waals surface area contributed by atoms with Crippen molar-refractivity contribution >= 4 is 17.4 Å². The minimum atomic E-state index is -0.0339. The molecule has 2 amide bonds. The molecule has 2 aliphatic rings. The third kappa shape index (κ3) is 2.39. The van der Waals surface area contributed by atoms with E-state index in [4.69, 9.17) is 9.47 Å². The second kappa shape index (κ2) is 5.53. The van der Waals surface area contributed by atoms with Gasteiger partial charge in [0.1, 0.15) is 0 Å². The maximum atomic E-state index is 12.3. The summed E-state index contributed by atoms with van der Waals surface area (Å²) < 4.78 is 10.8. The van der Waals surface area contributed by atoms with E-state index in [0.29, 0.717) is 13.1 Å². The van der Waals surface area contributed by atoms with Crippen LogP contribution in [-0.2, 0) is 19.5 Å². The van der Waals surface area contributed by atoms with Crippen LogP contribution in [0.3, 0.4) is 0 Å². The maximum Gasteiger partial charge on any atom is 0.317 e. The van der Waals surface area contributed by atoms with Crippen LogP contribution in [0.1, 0.15) is 16.0 Å². The molecular formula is C16H16N2O3S. The number of rotatable bonds is 2. The van der Waals surface area contributed by atoms with Crippen molar-refractivity contribution in [3.8, 4) is 11.5 Å². The van der Waals surface area contributed by atoms with Crippen LogP contribution in [0.25, 0.3) is 0 Å². The number of nitrogens with zero attached hydrogens (tertiary/aromatic N) is 1. The van der Waals surface area contributed by atoms with Crippen LogP contribution in [0.15, 0.2) is 29.6 Å². The third-order valence-electron chi connectivity index (χ3n) is 4.00. The van der Waals surface area contributed by atoms with Gasteiger partial charge in [-0.2, -0.15) is 0 Å². The molecule has 1 N–H and O–H groups in total. The van der Waals surface area contributed by atoms with Crippen LogP contribution < -0.4 is 14.8 Å². The number of hydrogen-bond acceptors (Lipinski definition) is 4. The molecule has 6 heteroatoms. The number of carbonyl (C=O) groups excluding carboxylic acids is 1. The van der Waals surface area contributed by atoms with Gasteiger partial charge in [-0.05, 0) is 29.5 Å². The first kappa shape index (κ1) is 13.5. The summed E-state index contributed by atoms with van der Waals surface area (Å²) in [7, 11) is 0. The van der Waals surface area contributed by atoms with E-state index >= 15 is 0 Å². The molecule has 0 fully saturated rings. The first-order valence-electron chi connectivity index (χ1n) is 7.27. The minimum absolute atomic E-state index is 0.0339. The molecule has 0 atom stereocenters. The van der Waals surface area contributed by atoms with Gasteiger partial charge in [-0.1, -0.05) is 12.1 Å². The van der Waals surface area contributed by atoms with E-state index in [-0.39, 0.29) is 12.8 Å². The summed E-state index contributed by atoms with van der Waals surface area (Å²) in [5.41, 5.74) is 2.21. The number of thiophene rings is 1. The van der Waals surface area contributed by atoms with Crippen molar-refractivity contribution in [1.29, 1.82) is 0 Å². The van der Waals surface area contributed by atoms with Gasteiger partial charge in [0.15, 0.2) is 11.5 Å². The summed E-state index contributed by atoms with van der Waals surface area (Å²) in [5.74, 6) is 1.48. The van der Waals surface area contributed by atoms with Gasteiger partial charge in [0, 0.05) is 30.1 Å². The van der Waals surface area contributed by atoms with E-state index in [1.165, 1.54) is 10.4 Å².